The van der Waals surface area contributed by atoms with Crippen molar-refractivity contribution in [3.05, 3.63) is 40.2 Å². The highest BCUT2D eigenvalue weighted by atomic mass is 16.1. The van der Waals surface area contributed by atoms with Crippen molar-refractivity contribution in [3.63, 3.8) is 0 Å². The molecule has 0 radical (unpaired) electrons. The fourth-order valence-corrected chi connectivity index (χ4v) is 2.03. The predicted molar refractivity (Wildman–Crippen MR) is 66.6 cm³/mol. The van der Waals surface area contributed by atoms with Crippen molar-refractivity contribution in [2.75, 3.05) is 0 Å². The number of hydrogen-bond acceptors (Lipinski definition) is 3. The zero-order chi connectivity index (χ0) is 12.2. The van der Waals surface area contributed by atoms with Crippen molar-refractivity contribution in [1.29, 1.82) is 0 Å². The van der Waals surface area contributed by atoms with Gasteiger partial charge in [-0.25, -0.2) is 4.52 Å². The Morgan fingerprint density at radius 1 is 1.24 bits per heavy atom. The first-order chi connectivity index (χ1) is 7.97. The molecule has 0 amide bonds. The van der Waals surface area contributed by atoms with Crippen molar-refractivity contribution in [1.82, 2.24) is 14.8 Å². The van der Waals surface area contributed by atoms with E-state index in [4.69, 9.17) is 0 Å². The van der Waals surface area contributed by atoms with E-state index in [1.807, 2.05) is 12.1 Å². The van der Waals surface area contributed by atoms with E-state index in [0.29, 0.717) is 5.39 Å². The molecule has 86 valence electrons. The van der Waals surface area contributed by atoms with E-state index in [9.17, 15) is 4.79 Å². The van der Waals surface area contributed by atoms with Crippen LogP contribution in [0.4, 0.5) is 0 Å². The minimum Gasteiger partial charge on any atom is -0.289 e. The third kappa shape index (κ3) is 1.40. The number of rotatable bonds is 0. The molecule has 0 spiro atoms. The molecule has 0 fully saturated rings. The van der Waals surface area contributed by atoms with Gasteiger partial charge < -0.3 is 0 Å². The van der Waals surface area contributed by atoms with Gasteiger partial charge in [-0.05, 0) is 23.1 Å². The SMILES string of the molecule is CC(C)(C)c1cc2nnn3ccc(=O)c(c1)c23. The summed E-state index contributed by atoms with van der Waals surface area (Å²) in [5.74, 6) is 0. The van der Waals surface area contributed by atoms with E-state index in [-0.39, 0.29) is 10.8 Å². The molecule has 4 heteroatoms. The van der Waals surface area contributed by atoms with Gasteiger partial charge in [0.05, 0.1) is 5.39 Å². The molecule has 17 heavy (non-hydrogen) atoms. The van der Waals surface area contributed by atoms with E-state index in [0.717, 1.165) is 16.6 Å². The van der Waals surface area contributed by atoms with Gasteiger partial charge >= 0.3 is 0 Å². The first kappa shape index (κ1) is 10.2. The Kier molecular flexibility index (Phi) is 1.82. The third-order valence-electron chi connectivity index (χ3n) is 3.07. The maximum Gasteiger partial charge on any atom is 0.189 e. The number of benzene rings is 1. The number of hydrogen-bond donors (Lipinski definition) is 0. The third-order valence-corrected chi connectivity index (χ3v) is 3.07. The zero-order valence-corrected chi connectivity index (χ0v) is 10.1. The summed E-state index contributed by atoms with van der Waals surface area (Å²) < 4.78 is 1.65. The second kappa shape index (κ2) is 3.03. The largest absolute Gasteiger partial charge is 0.289 e. The summed E-state index contributed by atoms with van der Waals surface area (Å²) in [7, 11) is 0. The lowest BCUT2D eigenvalue weighted by atomic mass is 9.86. The lowest BCUT2D eigenvalue weighted by Gasteiger charge is -2.19. The average Bonchev–Trinajstić information content (AvgIpc) is 2.66. The number of pyridine rings is 1. The summed E-state index contributed by atoms with van der Waals surface area (Å²) in [5, 5.41) is 8.81. The molecule has 3 rings (SSSR count). The maximum absolute atomic E-state index is 11.9. The fraction of sp³-hybridized carbons (Fsp3) is 0.308. The summed E-state index contributed by atoms with van der Waals surface area (Å²) in [6, 6.07) is 5.49. The molecule has 0 saturated carbocycles. The smallest absolute Gasteiger partial charge is 0.189 e. The lowest BCUT2D eigenvalue weighted by molar-refractivity contribution is 0.591. The molecule has 2 heterocycles. The van der Waals surface area contributed by atoms with Gasteiger partial charge in [0.1, 0.15) is 11.0 Å². The Balaban J connectivity index is 2.53. The molecule has 2 aromatic heterocycles. The van der Waals surface area contributed by atoms with Crippen LogP contribution in [-0.2, 0) is 5.41 Å². The Bertz CT molecular complexity index is 752. The molecule has 0 saturated heterocycles. The first-order valence-electron chi connectivity index (χ1n) is 5.59. The van der Waals surface area contributed by atoms with Gasteiger partial charge in [0, 0.05) is 12.3 Å². The second-order valence-corrected chi connectivity index (χ2v) is 5.36. The van der Waals surface area contributed by atoms with Crippen LogP contribution in [-0.4, -0.2) is 14.8 Å². The van der Waals surface area contributed by atoms with Gasteiger partial charge in [-0.1, -0.05) is 26.0 Å². The standard InChI is InChI=1S/C13H13N3O/c1-13(2,3)8-6-9-11(17)4-5-16-12(9)10(7-8)14-15-16/h4-7H,1-3H3. The van der Waals surface area contributed by atoms with Gasteiger partial charge in [0.2, 0.25) is 0 Å². The summed E-state index contributed by atoms with van der Waals surface area (Å²) >= 11 is 0. The monoisotopic (exact) mass is 227 g/mol. The van der Waals surface area contributed by atoms with Crippen LogP contribution < -0.4 is 5.43 Å². The van der Waals surface area contributed by atoms with Crippen molar-refractivity contribution in [2.45, 2.75) is 26.2 Å². The van der Waals surface area contributed by atoms with Gasteiger partial charge in [-0.2, -0.15) is 0 Å². The highest BCUT2D eigenvalue weighted by molar-refractivity contribution is 5.93. The highest BCUT2D eigenvalue weighted by Crippen LogP contribution is 2.27. The molecular weight excluding hydrogens is 214 g/mol. The quantitative estimate of drug-likeness (QED) is 0.590. The molecule has 0 aliphatic heterocycles. The molecule has 0 N–H and O–H groups in total. The van der Waals surface area contributed by atoms with E-state index in [1.165, 1.54) is 6.07 Å². The van der Waals surface area contributed by atoms with Gasteiger partial charge in [-0.15, -0.1) is 5.10 Å². The van der Waals surface area contributed by atoms with Crippen LogP contribution >= 0.6 is 0 Å². The molecule has 4 nitrogen and oxygen atoms in total. The molecule has 0 aliphatic rings. The van der Waals surface area contributed by atoms with E-state index < -0.39 is 0 Å². The van der Waals surface area contributed by atoms with Crippen molar-refractivity contribution in [3.8, 4) is 0 Å². The summed E-state index contributed by atoms with van der Waals surface area (Å²) in [6.07, 6.45) is 1.65. The summed E-state index contributed by atoms with van der Waals surface area (Å²) in [4.78, 5) is 11.9. The van der Waals surface area contributed by atoms with E-state index in [1.54, 1.807) is 10.7 Å². The number of aromatic nitrogens is 3. The number of nitrogens with zero attached hydrogens (tertiary/aromatic N) is 3. The van der Waals surface area contributed by atoms with Gasteiger partial charge in [-0.3, -0.25) is 4.79 Å². The van der Waals surface area contributed by atoms with E-state index >= 15 is 0 Å². The van der Waals surface area contributed by atoms with Crippen molar-refractivity contribution >= 4 is 16.4 Å². The Labute approximate surface area is 98.2 Å². The molecule has 0 unspecified atom stereocenters. The Hall–Kier alpha value is -1.97. The average molecular weight is 227 g/mol. The second-order valence-electron chi connectivity index (χ2n) is 5.36. The highest BCUT2D eigenvalue weighted by Gasteiger charge is 2.18. The molecular formula is C13H13N3O. The summed E-state index contributed by atoms with van der Waals surface area (Å²) in [6.45, 7) is 6.36. The van der Waals surface area contributed by atoms with Crippen LogP contribution in [0, 0.1) is 0 Å². The zero-order valence-electron chi connectivity index (χ0n) is 10.1. The normalized spacial score (nSPS) is 12.6. The molecule has 0 bridgehead atoms. The van der Waals surface area contributed by atoms with Crippen LogP contribution in [0.1, 0.15) is 26.3 Å². The molecule has 1 aromatic carbocycles. The summed E-state index contributed by atoms with van der Waals surface area (Å²) in [5.41, 5.74) is 2.72. The maximum atomic E-state index is 11.9. The van der Waals surface area contributed by atoms with Gasteiger partial charge in [0.15, 0.2) is 5.43 Å². The molecule has 3 aromatic rings. The topological polar surface area (TPSA) is 47.3 Å². The van der Waals surface area contributed by atoms with Crippen molar-refractivity contribution in [2.24, 2.45) is 0 Å². The van der Waals surface area contributed by atoms with Gasteiger partial charge in [0.25, 0.3) is 0 Å². The van der Waals surface area contributed by atoms with Crippen LogP contribution in [0.15, 0.2) is 29.2 Å². The first-order valence-corrected chi connectivity index (χ1v) is 5.59. The Morgan fingerprint density at radius 3 is 2.71 bits per heavy atom. The van der Waals surface area contributed by atoms with Crippen LogP contribution in [0.3, 0.4) is 0 Å². The molecule has 0 aliphatic carbocycles. The predicted octanol–water partition coefficient (Wildman–Crippen LogP) is 1.98. The minimum absolute atomic E-state index is 0.00406. The minimum atomic E-state index is -0.00406. The van der Waals surface area contributed by atoms with Crippen molar-refractivity contribution < 1.29 is 0 Å². The van der Waals surface area contributed by atoms with E-state index in [2.05, 4.69) is 31.1 Å². The fourth-order valence-electron chi connectivity index (χ4n) is 2.03. The lowest BCUT2D eigenvalue weighted by Crippen LogP contribution is -2.12. The van der Waals surface area contributed by atoms with Crippen LogP contribution in [0.25, 0.3) is 16.4 Å². The van der Waals surface area contributed by atoms with Crippen LogP contribution in [0.2, 0.25) is 0 Å². The Morgan fingerprint density at radius 2 is 2.00 bits per heavy atom. The van der Waals surface area contributed by atoms with Crippen LogP contribution in [0.5, 0.6) is 0 Å². The molecule has 0 atom stereocenters.